The molecule has 6 heteroatoms. The number of aliphatic hydroxyl groups excluding tert-OH is 4. The summed E-state index contributed by atoms with van der Waals surface area (Å²) in [5.41, 5.74) is 0. The highest BCUT2D eigenvalue weighted by Gasteiger charge is 2.29. The van der Waals surface area contributed by atoms with E-state index in [-0.39, 0.29) is 12.9 Å². The summed E-state index contributed by atoms with van der Waals surface area (Å²) in [6.45, 7) is -0.354. The summed E-state index contributed by atoms with van der Waals surface area (Å²) < 4.78 is 11.0. The number of rotatable bonds is 6. The number of ether oxygens (including phenoxy) is 1. The monoisotopic (exact) mass is 195 g/mol. The Kier molecular flexibility index (Phi) is 4.87. The standard InChI is InChI=1S/C7H14O6/c1-13-3-5(10)7(12)6(11)4(9)2-8/h2,4-7,9-12H,3H2,1H3/t4-,5-,6-,7-/m1/s1/i1D. The van der Waals surface area contributed by atoms with Crippen LogP contribution in [-0.2, 0) is 9.53 Å². The first kappa shape index (κ1) is 10.6. The van der Waals surface area contributed by atoms with E-state index in [4.69, 9.17) is 21.8 Å². The quantitative estimate of drug-likeness (QED) is 0.343. The van der Waals surface area contributed by atoms with E-state index in [1.54, 1.807) is 0 Å². The number of hydrogen-bond donors (Lipinski definition) is 4. The lowest BCUT2D eigenvalue weighted by Gasteiger charge is -2.23. The van der Waals surface area contributed by atoms with Gasteiger partial charge in [0.1, 0.15) is 24.4 Å². The SMILES string of the molecule is [2H]COC[C@@H](O)[C@@H](O)[C@H](O)[C@H](O)C=O. The average Bonchev–Trinajstić information content (AvgIpc) is 2.22. The van der Waals surface area contributed by atoms with Gasteiger partial charge in [0.25, 0.3) is 0 Å². The van der Waals surface area contributed by atoms with Crippen LogP contribution in [0, 0.1) is 0 Å². The van der Waals surface area contributed by atoms with Crippen LogP contribution in [0.25, 0.3) is 0 Å². The molecule has 0 bridgehead atoms. The Bertz CT molecular complexity index is 166. The van der Waals surface area contributed by atoms with Gasteiger partial charge in [0.05, 0.1) is 7.98 Å². The third-order valence-electron chi connectivity index (χ3n) is 1.52. The van der Waals surface area contributed by atoms with Crippen molar-refractivity contribution >= 4 is 6.29 Å². The number of carbonyl (C=O) groups excluding carboxylic acids is 1. The fraction of sp³-hybridized carbons (Fsp3) is 0.857. The normalized spacial score (nSPS) is 21.4. The molecule has 0 aliphatic heterocycles. The fourth-order valence-corrected chi connectivity index (χ4v) is 0.729. The molecule has 0 radical (unpaired) electrons. The Balaban J connectivity index is 4.02. The summed E-state index contributed by atoms with van der Waals surface area (Å²) >= 11 is 0. The molecule has 0 unspecified atom stereocenters. The minimum Gasteiger partial charge on any atom is -0.388 e. The number of aldehydes is 1. The van der Waals surface area contributed by atoms with Crippen molar-refractivity contribution in [3.63, 3.8) is 0 Å². The summed E-state index contributed by atoms with van der Waals surface area (Å²) in [6, 6.07) is 0. The predicted octanol–water partition coefficient (Wildman–Crippen LogP) is -2.72. The van der Waals surface area contributed by atoms with Crippen molar-refractivity contribution in [2.75, 3.05) is 13.7 Å². The van der Waals surface area contributed by atoms with Gasteiger partial charge in [0, 0.05) is 7.09 Å². The Morgan fingerprint density at radius 3 is 2.46 bits per heavy atom. The molecular weight excluding hydrogens is 180 g/mol. The van der Waals surface area contributed by atoms with Crippen molar-refractivity contribution in [3.8, 4) is 0 Å². The fourth-order valence-electron chi connectivity index (χ4n) is 0.729. The minimum atomic E-state index is -1.77. The van der Waals surface area contributed by atoms with E-state index >= 15 is 0 Å². The molecule has 0 spiro atoms. The van der Waals surface area contributed by atoms with Crippen LogP contribution < -0.4 is 0 Å². The van der Waals surface area contributed by atoms with Crippen molar-refractivity contribution in [2.24, 2.45) is 0 Å². The average molecular weight is 195 g/mol. The third kappa shape index (κ3) is 3.79. The number of methoxy groups -OCH3 is 1. The summed E-state index contributed by atoms with van der Waals surface area (Å²) in [5, 5.41) is 36.1. The zero-order chi connectivity index (χ0) is 11.1. The maximum absolute atomic E-state index is 10.0. The molecular formula is C7H14O6. The lowest BCUT2D eigenvalue weighted by molar-refractivity contribution is -0.137. The molecule has 4 atom stereocenters. The van der Waals surface area contributed by atoms with E-state index < -0.39 is 31.5 Å². The van der Waals surface area contributed by atoms with E-state index in [1.165, 1.54) is 0 Å². The van der Waals surface area contributed by atoms with Gasteiger partial charge in [0.2, 0.25) is 0 Å². The minimum absolute atomic E-state index is 0.0476. The first-order valence-electron chi connectivity index (χ1n) is 4.29. The highest BCUT2D eigenvalue weighted by atomic mass is 16.5. The van der Waals surface area contributed by atoms with Gasteiger partial charge < -0.3 is 30.0 Å². The smallest absolute Gasteiger partial charge is 0.151 e. The molecule has 6 nitrogen and oxygen atoms in total. The highest BCUT2D eigenvalue weighted by Crippen LogP contribution is 2.03. The molecule has 0 aromatic rings. The van der Waals surface area contributed by atoms with E-state index in [2.05, 4.69) is 4.74 Å². The molecule has 4 N–H and O–H groups in total. The Labute approximate surface area is 76.8 Å². The van der Waals surface area contributed by atoms with Gasteiger partial charge in [-0.15, -0.1) is 0 Å². The maximum Gasteiger partial charge on any atom is 0.151 e. The second-order valence-corrected chi connectivity index (χ2v) is 2.55. The van der Waals surface area contributed by atoms with Gasteiger partial charge in [-0.1, -0.05) is 0 Å². The third-order valence-corrected chi connectivity index (χ3v) is 1.52. The van der Waals surface area contributed by atoms with Crippen molar-refractivity contribution in [1.29, 1.82) is 0 Å². The molecule has 0 aliphatic carbocycles. The van der Waals surface area contributed by atoms with Crippen molar-refractivity contribution in [3.05, 3.63) is 0 Å². The number of carbonyl (C=O) groups is 1. The Morgan fingerprint density at radius 1 is 1.38 bits per heavy atom. The van der Waals surface area contributed by atoms with Crippen molar-refractivity contribution < 1.29 is 31.3 Å². The lowest BCUT2D eigenvalue weighted by atomic mass is 10.0. The first-order valence-corrected chi connectivity index (χ1v) is 3.59. The predicted molar refractivity (Wildman–Crippen MR) is 42.0 cm³/mol. The van der Waals surface area contributed by atoms with Crippen LogP contribution in [0.4, 0.5) is 0 Å². The zero-order valence-electron chi connectivity index (χ0n) is 7.91. The lowest BCUT2D eigenvalue weighted by Crippen LogP contribution is -2.46. The summed E-state index contributed by atoms with van der Waals surface area (Å²) in [5.74, 6) is 0. The Morgan fingerprint density at radius 2 is 2.00 bits per heavy atom. The highest BCUT2D eigenvalue weighted by molar-refractivity contribution is 5.56. The molecule has 0 aliphatic rings. The molecule has 0 aromatic carbocycles. The molecule has 0 amide bonds. The molecule has 0 saturated heterocycles. The van der Waals surface area contributed by atoms with Gasteiger partial charge in [-0.05, 0) is 0 Å². The molecule has 0 fully saturated rings. The molecule has 0 heterocycles. The van der Waals surface area contributed by atoms with Crippen molar-refractivity contribution in [2.45, 2.75) is 24.4 Å². The summed E-state index contributed by atoms with van der Waals surface area (Å²) in [6.07, 6.45) is -6.62. The summed E-state index contributed by atoms with van der Waals surface area (Å²) in [4.78, 5) is 10.0. The second-order valence-electron chi connectivity index (χ2n) is 2.55. The first-order chi connectivity index (χ1) is 6.54. The zero-order valence-corrected chi connectivity index (χ0v) is 6.91. The van der Waals surface area contributed by atoms with Gasteiger partial charge >= 0.3 is 0 Å². The molecule has 0 saturated carbocycles. The van der Waals surface area contributed by atoms with Crippen LogP contribution in [0.2, 0.25) is 0 Å². The van der Waals surface area contributed by atoms with Crippen LogP contribution in [0.3, 0.4) is 0 Å². The molecule has 0 aromatic heterocycles. The van der Waals surface area contributed by atoms with Crippen LogP contribution in [0.15, 0.2) is 0 Å². The van der Waals surface area contributed by atoms with Crippen molar-refractivity contribution in [1.82, 2.24) is 0 Å². The van der Waals surface area contributed by atoms with Crippen LogP contribution >= 0.6 is 0 Å². The molecule has 13 heavy (non-hydrogen) atoms. The maximum atomic E-state index is 10.0. The van der Waals surface area contributed by atoms with Crippen LogP contribution in [-0.4, -0.2) is 64.8 Å². The van der Waals surface area contributed by atoms with Gasteiger partial charge in [-0.2, -0.15) is 0 Å². The van der Waals surface area contributed by atoms with E-state index in [0.717, 1.165) is 0 Å². The Hall–Kier alpha value is -0.530. The van der Waals surface area contributed by atoms with Crippen LogP contribution in [0.5, 0.6) is 0 Å². The van der Waals surface area contributed by atoms with Gasteiger partial charge in [-0.25, -0.2) is 0 Å². The van der Waals surface area contributed by atoms with Gasteiger partial charge in [-0.3, -0.25) is 0 Å². The topological polar surface area (TPSA) is 107 Å². The number of hydrogen-bond acceptors (Lipinski definition) is 6. The molecule has 78 valence electrons. The molecule has 0 rings (SSSR count). The second kappa shape index (κ2) is 6.01. The largest absolute Gasteiger partial charge is 0.388 e. The van der Waals surface area contributed by atoms with E-state index in [0.29, 0.717) is 0 Å². The number of aliphatic hydroxyl groups is 4. The van der Waals surface area contributed by atoms with Crippen LogP contribution in [0.1, 0.15) is 1.37 Å². The van der Waals surface area contributed by atoms with E-state index in [1.807, 2.05) is 0 Å². The summed E-state index contributed by atoms with van der Waals surface area (Å²) in [7, 11) is -0.393. The van der Waals surface area contributed by atoms with Gasteiger partial charge in [0.15, 0.2) is 6.29 Å². The van der Waals surface area contributed by atoms with E-state index in [9.17, 15) is 4.79 Å².